The summed E-state index contributed by atoms with van der Waals surface area (Å²) in [7, 11) is 4.77. The average molecular weight is 590 g/mol. The fourth-order valence-corrected chi connectivity index (χ4v) is 3.96. The molecule has 36 heavy (non-hydrogen) atoms. The zero-order valence-corrected chi connectivity index (χ0v) is 22.2. The Balaban J connectivity index is 0.00000456. The molecule has 0 aliphatic carbocycles. The van der Waals surface area contributed by atoms with Gasteiger partial charge >= 0.3 is 0 Å². The minimum absolute atomic E-state index is 0. The zero-order valence-electron chi connectivity index (χ0n) is 19.9. The molecule has 198 valence electrons. The van der Waals surface area contributed by atoms with Crippen molar-refractivity contribution in [3.05, 3.63) is 46.2 Å². The molecule has 1 heterocycles. The quantitative estimate of drug-likeness (QED) is 0.220. The third kappa shape index (κ3) is 6.72. The number of benzene rings is 2. The smallest absolute Gasteiger partial charge is 0.164 e. The first-order valence-corrected chi connectivity index (χ1v) is 11.8. The lowest BCUT2D eigenvalue weighted by molar-refractivity contribution is -0.0968. The van der Waals surface area contributed by atoms with Gasteiger partial charge in [-0.3, -0.25) is 0 Å². The molecule has 13 heteroatoms. The first kappa shape index (κ1) is 29.9. The van der Waals surface area contributed by atoms with E-state index in [1.165, 1.54) is 13.4 Å². The average Bonchev–Trinajstić information content (AvgIpc) is 2.84. The van der Waals surface area contributed by atoms with E-state index < -0.39 is 31.0 Å². The molecular weight excluding hydrogens is 560 g/mol. The van der Waals surface area contributed by atoms with Gasteiger partial charge in [0.25, 0.3) is 0 Å². The lowest BCUT2D eigenvalue weighted by atomic mass is 10.0. The largest absolute Gasteiger partial charge is 0.493 e. The van der Waals surface area contributed by atoms with Gasteiger partial charge in [0.2, 0.25) is 0 Å². The van der Waals surface area contributed by atoms with Gasteiger partial charge in [-0.05, 0) is 54.3 Å². The summed E-state index contributed by atoms with van der Waals surface area (Å²) < 4.78 is 12.1. The summed E-state index contributed by atoms with van der Waals surface area (Å²) in [4.78, 5) is 10.2. The number of rotatable bonds is 11. The van der Waals surface area contributed by atoms with Crippen LogP contribution in [0.25, 0.3) is 10.9 Å². The summed E-state index contributed by atoms with van der Waals surface area (Å²) in [5, 5.41) is 45.0. The minimum atomic E-state index is -1.50. The van der Waals surface area contributed by atoms with Gasteiger partial charge < -0.3 is 45.6 Å². The second-order valence-corrected chi connectivity index (χ2v) is 9.29. The Labute approximate surface area is 221 Å². The molecule has 7 N–H and O–H groups in total. The van der Waals surface area contributed by atoms with E-state index in [1.807, 2.05) is 12.1 Å². The molecule has 1 aromatic heterocycles. The van der Waals surface area contributed by atoms with Gasteiger partial charge in [-0.25, -0.2) is 9.97 Å². The first-order chi connectivity index (χ1) is 16.7. The van der Waals surface area contributed by atoms with Gasteiger partial charge in [-0.15, -0.1) is 0 Å². The number of fused-ring (bicyclic) bond motifs is 1. The summed E-state index contributed by atoms with van der Waals surface area (Å²) in [6.07, 6.45) is -2.69. The topological polar surface area (TPSA) is 172 Å². The SMILES string of the molecule is COc1cc2c(Nc3ccc(Br)c(Cl)c3)ncnc2cc1O[C@@H](CO)[C@@H](O)[C@H](O)[C@H](CO)N(C)C.O. The van der Waals surface area contributed by atoms with Crippen LogP contribution in [0.5, 0.6) is 11.5 Å². The summed E-state index contributed by atoms with van der Waals surface area (Å²) in [6, 6.07) is 7.90. The van der Waals surface area contributed by atoms with Crippen molar-refractivity contribution < 1.29 is 35.4 Å². The van der Waals surface area contributed by atoms with Crippen LogP contribution in [0.2, 0.25) is 5.02 Å². The number of halogens is 2. The van der Waals surface area contributed by atoms with Crippen LogP contribution in [-0.4, -0.2) is 99.5 Å². The maximum absolute atomic E-state index is 10.7. The third-order valence-electron chi connectivity index (χ3n) is 5.54. The second-order valence-electron chi connectivity index (χ2n) is 8.03. The summed E-state index contributed by atoms with van der Waals surface area (Å²) in [5.74, 6) is 1.01. The Bertz CT molecular complexity index is 1160. The van der Waals surface area contributed by atoms with Gasteiger partial charge in [0.1, 0.15) is 24.4 Å². The van der Waals surface area contributed by atoms with Crippen LogP contribution >= 0.6 is 27.5 Å². The Morgan fingerprint density at radius 1 is 1.06 bits per heavy atom. The molecule has 0 spiro atoms. The van der Waals surface area contributed by atoms with Crippen molar-refractivity contribution in [3.63, 3.8) is 0 Å². The Kier molecular flexibility index (Phi) is 11.1. The molecule has 0 fully saturated rings. The highest BCUT2D eigenvalue weighted by molar-refractivity contribution is 9.10. The van der Waals surface area contributed by atoms with E-state index in [2.05, 4.69) is 31.2 Å². The standard InChI is InChI=1S/C23H28BrClN4O6.H2O/c1-29(2)17(9-30)21(32)22(33)20(10-31)35-19-8-16-13(7-18(19)34-3)23(27-11-26-16)28-12-4-5-14(24)15(25)6-12;/h4-8,11,17,20-22,30-33H,9-10H2,1-3H3,(H,26,27,28);1H2/t17-,20-,21+,22+;/m0./s1. The van der Waals surface area contributed by atoms with Gasteiger partial charge in [0.05, 0.1) is 36.9 Å². The number of hydrogen-bond donors (Lipinski definition) is 5. The van der Waals surface area contributed by atoms with Crippen LogP contribution in [-0.2, 0) is 0 Å². The molecule has 0 amide bonds. The molecule has 0 saturated carbocycles. The Hall–Kier alpha value is -2.29. The first-order valence-electron chi connectivity index (χ1n) is 10.7. The van der Waals surface area contributed by atoms with E-state index in [1.54, 1.807) is 37.2 Å². The van der Waals surface area contributed by atoms with E-state index >= 15 is 0 Å². The maximum Gasteiger partial charge on any atom is 0.164 e. The van der Waals surface area contributed by atoms with Gasteiger partial charge in [-0.2, -0.15) is 0 Å². The highest BCUT2D eigenvalue weighted by atomic mass is 79.9. The zero-order chi connectivity index (χ0) is 25.7. The van der Waals surface area contributed by atoms with Crippen LogP contribution in [0, 0.1) is 0 Å². The van der Waals surface area contributed by atoms with E-state index in [9.17, 15) is 20.4 Å². The van der Waals surface area contributed by atoms with E-state index in [-0.39, 0.29) is 17.8 Å². The molecular formula is C23H30BrClN4O7. The molecule has 4 atom stereocenters. The molecule has 3 aromatic rings. The Morgan fingerprint density at radius 3 is 2.36 bits per heavy atom. The molecule has 0 aliphatic heterocycles. The number of methoxy groups -OCH3 is 1. The molecule has 0 aliphatic rings. The molecule has 2 aromatic carbocycles. The van der Waals surface area contributed by atoms with Crippen LogP contribution in [0.4, 0.5) is 11.5 Å². The predicted molar refractivity (Wildman–Crippen MR) is 140 cm³/mol. The lowest BCUT2D eigenvalue weighted by Gasteiger charge is -2.33. The number of likely N-dealkylation sites (N-methyl/N-ethyl adjacent to an activating group) is 1. The number of anilines is 2. The number of aliphatic hydroxyl groups is 4. The van der Waals surface area contributed by atoms with E-state index in [4.69, 9.17) is 21.1 Å². The van der Waals surface area contributed by atoms with Crippen LogP contribution in [0.15, 0.2) is 41.1 Å². The van der Waals surface area contributed by atoms with Crippen molar-refractivity contribution >= 4 is 49.9 Å². The summed E-state index contributed by atoms with van der Waals surface area (Å²) in [5.41, 5.74) is 1.23. The van der Waals surface area contributed by atoms with Crippen molar-refractivity contribution in [2.75, 3.05) is 39.7 Å². The number of aromatic nitrogens is 2. The summed E-state index contributed by atoms with van der Waals surface area (Å²) in [6.45, 7) is -0.981. The van der Waals surface area contributed by atoms with Gasteiger partial charge in [0.15, 0.2) is 17.6 Å². The second kappa shape index (κ2) is 13.3. The fraction of sp³-hybridized carbons (Fsp3) is 0.391. The van der Waals surface area contributed by atoms with Crippen LogP contribution in [0.1, 0.15) is 0 Å². The van der Waals surface area contributed by atoms with Crippen molar-refractivity contribution in [2.24, 2.45) is 0 Å². The molecule has 11 nitrogen and oxygen atoms in total. The normalized spacial score (nSPS) is 14.6. The van der Waals surface area contributed by atoms with Crippen LogP contribution < -0.4 is 14.8 Å². The molecule has 3 rings (SSSR count). The minimum Gasteiger partial charge on any atom is -0.493 e. The Morgan fingerprint density at radius 2 is 1.78 bits per heavy atom. The van der Waals surface area contributed by atoms with Crippen molar-refractivity contribution in [3.8, 4) is 11.5 Å². The van der Waals surface area contributed by atoms with E-state index in [0.717, 1.165) is 4.47 Å². The van der Waals surface area contributed by atoms with E-state index in [0.29, 0.717) is 33.2 Å². The monoisotopic (exact) mass is 588 g/mol. The number of aliphatic hydroxyl groups excluding tert-OH is 4. The predicted octanol–water partition coefficient (Wildman–Crippen LogP) is 1.36. The number of nitrogens with one attached hydrogen (secondary N) is 1. The summed E-state index contributed by atoms with van der Waals surface area (Å²) >= 11 is 9.55. The maximum atomic E-state index is 10.7. The van der Waals surface area contributed by atoms with Gasteiger partial charge in [0, 0.05) is 21.6 Å². The highest BCUT2D eigenvalue weighted by Gasteiger charge is 2.34. The highest BCUT2D eigenvalue weighted by Crippen LogP contribution is 2.36. The fourth-order valence-electron chi connectivity index (χ4n) is 3.53. The van der Waals surface area contributed by atoms with Crippen molar-refractivity contribution in [2.45, 2.75) is 24.4 Å². The molecule has 0 saturated heterocycles. The lowest BCUT2D eigenvalue weighted by Crippen LogP contribution is -2.53. The number of hydrogen-bond acceptors (Lipinski definition) is 10. The van der Waals surface area contributed by atoms with Crippen molar-refractivity contribution in [1.29, 1.82) is 0 Å². The van der Waals surface area contributed by atoms with Gasteiger partial charge in [-0.1, -0.05) is 11.6 Å². The van der Waals surface area contributed by atoms with Crippen molar-refractivity contribution in [1.82, 2.24) is 14.9 Å². The molecule has 0 unspecified atom stereocenters. The third-order valence-corrected chi connectivity index (χ3v) is 6.77. The van der Waals surface area contributed by atoms with Crippen LogP contribution in [0.3, 0.4) is 0 Å². The number of ether oxygens (including phenoxy) is 2. The molecule has 0 radical (unpaired) electrons. The number of nitrogens with zero attached hydrogens (tertiary/aromatic N) is 3. The molecule has 0 bridgehead atoms.